The van der Waals surface area contributed by atoms with E-state index in [0.29, 0.717) is 23.4 Å². The third-order valence-electron chi connectivity index (χ3n) is 9.95. The largest absolute Gasteiger partial charge is 0.414 e. The molecule has 0 aromatic carbocycles. The minimum atomic E-state index is -1.49. The molecule has 0 aromatic heterocycles. The fourth-order valence-corrected chi connectivity index (χ4v) is 8.75. The van der Waals surface area contributed by atoms with Crippen LogP contribution in [0.2, 0.25) is 19.6 Å². The predicted molar refractivity (Wildman–Crippen MR) is 146 cm³/mol. The number of allylic oxidation sites excluding steroid dienone is 7. The van der Waals surface area contributed by atoms with Crippen LogP contribution in [0.25, 0.3) is 0 Å². The molecule has 184 valence electrons. The minimum absolute atomic E-state index is 0.237. The summed E-state index contributed by atoms with van der Waals surface area (Å²) in [5, 5.41) is 0. The number of fused-ring (bicyclic) bond motifs is 5. The van der Waals surface area contributed by atoms with Gasteiger partial charge in [0, 0.05) is 11.5 Å². The summed E-state index contributed by atoms with van der Waals surface area (Å²) in [6, 6.07) is 0. The van der Waals surface area contributed by atoms with Crippen LogP contribution in [0.1, 0.15) is 80.1 Å². The van der Waals surface area contributed by atoms with Gasteiger partial charge < -0.3 is 4.43 Å². The van der Waals surface area contributed by atoms with Gasteiger partial charge >= 0.3 is 0 Å². The fraction of sp³-hybridized carbons (Fsp3) is 0.742. The maximum absolute atomic E-state index is 6.54. The maximum atomic E-state index is 6.54. The topological polar surface area (TPSA) is 9.23 Å². The Hall–Kier alpha value is -0.863. The summed E-state index contributed by atoms with van der Waals surface area (Å²) in [5.74, 6) is 3.57. The van der Waals surface area contributed by atoms with Crippen molar-refractivity contribution >= 4 is 8.32 Å². The van der Waals surface area contributed by atoms with Crippen LogP contribution in [0.15, 0.2) is 47.1 Å². The van der Waals surface area contributed by atoms with Gasteiger partial charge in [0.2, 0.25) is 0 Å². The van der Waals surface area contributed by atoms with E-state index in [9.17, 15) is 0 Å². The van der Waals surface area contributed by atoms with Crippen molar-refractivity contribution in [3.05, 3.63) is 47.1 Å². The summed E-state index contributed by atoms with van der Waals surface area (Å²) in [4.78, 5) is 0. The monoisotopic (exact) mass is 466 g/mol. The lowest BCUT2D eigenvalue weighted by molar-refractivity contribution is 0.124. The van der Waals surface area contributed by atoms with Crippen molar-refractivity contribution in [2.24, 2.45) is 40.4 Å². The van der Waals surface area contributed by atoms with Gasteiger partial charge in [0.15, 0.2) is 8.32 Å². The van der Waals surface area contributed by atoms with Gasteiger partial charge in [-0.3, -0.25) is 0 Å². The highest BCUT2D eigenvalue weighted by atomic mass is 28.4. The lowest BCUT2D eigenvalue weighted by Crippen LogP contribution is -2.42. The average Bonchev–Trinajstić information content (AvgIpc) is 3.08. The second kappa shape index (κ2) is 8.97. The molecule has 2 fully saturated rings. The fourth-order valence-electron chi connectivity index (χ4n) is 7.55. The zero-order valence-electron chi connectivity index (χ0n) is 23.0. The molecule has 4 aliphatic rings. The summed E-state index contributed by atoms with van der Waals surface area (Å²) in [6.45, 7) is 21.7. The van der Waals surface area contributed by atoms with Gasteiger partial charge in [-0.15, -0.1) is 0 Å². The smallest absolute Gasteiger partial charge is 0.184 e. The van der Waals surface area contributed by atoms with Crippen molar-refractivity contribution in [3.8, 4) is 0 Å². The SMILES string of the molecule is CC(C)C(C)/C=C/C(C)C1CCC2C3=CC=C4C[C@@H](O[Si](C)(C)C)CCC4(C)C3=CCC21C. The van der Waals surface area contributed by atoms with Crippen LogP contribution in [-0.2, 0) is 4.43 Å². The molecule has 4 aliphatic carbocycles. The molecule has 1 nitrogen and oxygen atoms in total. The zero-order valence-corrected chi connectivity index (χ0v) is 24.0. The summed E-state index contributed by atoms with van der Waals surface area (Å²) in [5.41, 5.74) is 5.64. The van der Waals surface area contributed by atoms with E-state index >= 15 is 0 Å². The molecule has 0 spiro atoms. The maximum Gasteiger partial charge on any atom is 0.184 e. The van der Waals surface area contributed by atoms with Crippen LogP contribution in [0.4, 0.5) is 0 Å². The first-order valence-corrected chi connectivity index (χ1v) is 17.2. The first kappa shape index (κ1) is 25.2. The van der Waals surface area contributed by atoms with Gasteiger partial charge in [-0.2, -0.15) is 0 Å². The van der Waals surface area contributed by atoms with Crippen LogP contribution in [0.3, 0.4) is 0 Å². The standard InChI is InChI=1S/C31H50OSi/c1-21(2)22(3)10-11-23(4)27-14-15-28-26-13-12-24-20-25(32-33(7,8)9)16-18-30(24,5)29(26)17-19-31(27,28)6/h10-13,17,21-23,25,27-28H,14-16,18-20H2,1-9H3/b11-10+/t22?,23?,25-,27?,28?,30?,31?/m0/s1. The van der Waals surface area contributed by atoms with Gasteiger partial charge in [0.1, 0.15) is 0 Å². The Balaban J connectivity index is 1.56. The Morgan fingerprint density at radius 2 is 1.73 bits per heavy atom. The van der Waals surface area contributed by atoms with E-state index in [1.54, 1.807) is 16.7 Å². The van der Waals surface area contributed by atoms with E-state index in [1.807, 2.05) is 0 Å². The van der Waals surface area contributed by atoms with E-state index < -0.39 is 8.32 Å². The molecule has 0 amide bonds. The van der Waals surface area contributed by atoms with Crippen LogP contribution < -0.4 is 0 Å². The highest BCUT2D eigenvalue weighted by molar-refractivity contribution is 6.69. The molecule has 0 heterocycles. The van der Waals surface area contributed by atoms with Crippen LogP contribution >= 0.6 is 0 Å². The van der Waals surface area contributed by atoms with Gasteiger partial charge in [0.05, 0.1) is 0 Å². The normalized spacial score (nSPS) is 38.2. The molecule has 7 atom stereocenters. The van der Waals surface area contributed by atoms with Crippen LogP contribution in [0, 0.1) is 40.4 Å². The number of hydrogen-bond acceptors (Lipinski definition) is 1. The number of hydrogen-bond donors (Lipinski definition) is 0. The predicted octanol–water partition coefficient (Wildman–Crippen LogP) is 9.11. The molecule has 0 radical (unpaired) electrons. The van der Waals surface area contributed by atoms with E-state index in [0.717, 1.165) is 24.2 Å². The van der Waals surface area contributed by atoms with Gasteiger partial charge in [-0.1, -0.05) is 77.5 Å². The first-order chi connectivity index (χ1) is 15.3. The van der Waals surface area contributed by atoms with Crippen molar-refractivity contribution in [2.75, 3.05) is 0 Å². The summed E-state index contributed by atoms with van der Waals surface area (Å²) in [6.07, 6.45) is 20.8. The third kappa shape index (κ3) is 4.68. The van der Waals surface area contributed by atoms with Crippen molar-refractivity contribution in [3.63, 3.8) is 0 Å². The third-order valence-corrected chi connectivity index (χ3v) is 11.0. The molecule has 0 N–H and O–H groups in total. The Morgan fingerprint density at radius 1 is 1.00 bits per heavy atom. The summed E-state index contributed by atoms with van der Waals surface area (Å²) < 4.78 is 6.54. The summed E-state index contributed by atoms with van der Waals surface area (Å²) >= 11 is 0. The number of rotatable bonds is 6. The average molecular weight is 467 g/mol. The Bertz CT molecular complexity index is 868. The van der Waals surface area contributed by atoms with Crippen molar-refractivity contribution in [1.29, 1.82) is 0 Å². The molecular formula is C31H50OSi. The molecule has 0 aliphatic heterocycles. The quantitative estimate of drug-likeness (QED) is 0.280. The molecule has 0 bridgehead atoms. The molecule has 2 saturated carbocycles. The lowest BCUT2D eigenvalue weighted by atomic mass is 9.54. The Kier molecular flexibility index (Phi) is 6.86. The Labute approximate surface area is 206 Å². The summed E-state index contributed by atoms with van der Waals surface area (Å²) in [7, 11) is -1.49. The lowest BCUT2D eigenvalue weighted by Gasteiger charge is -2.51. The van der Waals surface area contributed by atoms with Gasteiger partial charge in [-0.25, -0.2) is 0 Å². The van der Waals surface area contributed by atoms with E-state index in [1.165, 1.54) is 32.1 Å². The minimum Gasteiger partial charge on any atom is -0.414 e. The molecule has 33 heavy (non-hydrogen) atoms. The molecule has 6 unspecified atom stereocenters. The highest BCUT2D eigenvalue weighted by Gasteiger charge is 2.54. The van der Waals surface area contributed by atoms with Crippen molar-refractivity contribution in [2.45, 2.75) is 106 Å². The molecule has 0 saturated heterocycles. The second-order valence-corrected chi connectivity index (χ2v) is 18.1. The van der Waals surface area contributed by atoms with E-state index in [-0.39, 0.29) is 5.41 Å². The Morgan fingerprint density at radius 3 is 2.39 bits per heavy atom. The highest BCUT2D eigenvalue weighted by Crippen LogP contribution is 2.64. The van der Waals surface area contributed by atoms with Crippen LogP contribution in [0.5, 0.6) is 0 Å². The zero-order chi connectivity index (χ0) is 24.2. The van der Waals surface area contributed by atoms with E-state index in [2.05, 4.69) is 91.6 Å². The molecular weight excluding hydrogens is 416 g/mol. The molecule has 2 heteroatoms. The second-order valence-electron chi connectivity index (χ2n) is 13.7. The van der Waals surface area contributed by atoms with Gasteiger partial charge in [-0.05, 0) is 104 Å². The molecule has 0 aromatic rings. The van der Waals surface area contributed by atoms with Crippen molar-refractivity contribution in [1.82, 2.24) is 0 Å². The van der Waals surface area contributed by atoms with Crippen molar-refractivity contribution < 1.29 is 4.43 Å². The molecule has 4 rings (SSSR count). The van der Waals surface area contributed by atoms with Gasteiger partial charge in [0.25, 0.3) is 0 Å². The van der Waals surface area contributed by atoms with E-state index in [4.69, 9.17) is 4.43 Å². The first-order valence-electron chi connectivity index (χ1n) is 13.8. The van der Waals surface area contributed by atoms with Crippen LogP contribution in [-0.4, -0.2) is 14.4 Å².